The van der Waals surface area contributed by atoms with E-state index in [4.69, 9.17) is 5.84 Å². The number of nitrogens with zero attached hydrogens (tertiary/aromatic N) is 2. The molecule has 4 N–H and O–H groups in total. The maximum atomic E-state index is 11.0. The lowest BCUT2D eigenvalue weighted by Gasteiger charge is -2.19. The van der Waals surface area contributed by atoms with E-state index in [0.29, 0.717) is 12.2 Å². The zero-order chi connectivity index (χ0) is 14.7. The first-order chi connectivity index (χ1) is 9.52. The van der Waals surface area contributed by atoms with Gasteiger partial charge in [0.2, 0.25) is 0 Å². The molecule has 1 saturated heterocycles. The topological polar surface area (TPSA) is 105 Å². The highest BCUT2D eigenvalue weighted by atomic mass is 16.6. The molecule has 1 aromatic rings. The van der Waals surface area contributed by atoms with Crippen molar-refractivity contribution >= 4 is 11.4 Å². The van der Waals surface area contributed by atoms with Crippen molar-refractivity contribution in [1.29, 1.82) is 0 Å². The van der Waals surface area contributed by atoms with Crippen LogP contribution < -0.4 is 11.3 Å². The number of hydrogen-bond acceptors (Lipinski definition) is 6. The number of likely N-dealkylation sites (tertiary alicyclic amines) is 1. The number of hydrogen-bond donors (Lipinski definition) is 3. The fraction of sp³-hybridized carbons (Fsp3) is 0.538. The molecule has 2 unspecified atom stereocenters. The second kappa shape index (κ2) is 6.17. The molecule has 20 heavy (non-hydrogen) atoms. The molecule has 0 bridgehead atoms. The number of aliphatic hydroxyl groups is 1. The van der Waals surface area contributed by atoms with Crippen LogP contribution in [0.2, 0.25) is 0 Å². The number of anilines is 1. The highest BCUT2D eigenvalue weighted by molar-refractivity contribution is 5.65. The van der Waals surface area contributed by atoms with E-state index in [1.54, 1.807) is 13.0 Å². The Bertz CT molecular complexity index is 493. The summed E-state index contributed by atoms with van der Waals surface area (Å²) in [6, 6.07) is 4.93. The van der Waals surface area contributed by atoms with Crippen LogP contribution in [0.3, 0.4) is 0 Å². The predicted molar refractivity (Wildman–Crippen MR) is 76.0 cm³/mol. The predicted octanol–water partition coefficient (Wildman–Crippen LogP) is 1.08. The summed E-state index contributed by atoms with van der Waals surface area (Å²) >= 11 is 0. The lowest BCUT2D eigenvalue weighted by Crippen LogP contribution is -2.25. The van der Waals surface area contributed by atoms with Gasteiger partial charge in [-0.05, 0) is 31.4 Å². The van der Waals surface area contributed by atoms with Crippen molar-refractivity contribution in [1.82, 2.24) is 4.90 Å². The number of nitrogen functional groups attached to an aromatic ring is 1. The second-order valence-electron chi connectivity index (χ2n) is 5.24. The first-order valence-electron chi connectivity index (χ1n) is 6.66. The number of nitrogens with two attached hydrogens (primary N) is 1. The lowest BCUT2D eigenvalue weighted by molar-refractivity contribution is -0.384. The summed E-state index contributed by atoms with van der Waals surface area (Å²) in [4.78, 5) is 12.7. The van der Waals surface area contributed by atoms with Gasteiger partial charge in [-0.3, -0.25) is 20.9 Å². The third-order valence-corrected chi connectivity index (χ3v) is 3.85. The molecule has 110 valence electrons. The van der Waals surface area contributed by atoms with Crippen molar-refractivity contribution in [3.63, 3.8) is 0 Å². The Balaban J connectivity index is 2.14. The molecule has 1 aliphatic rings. The summed E-state index contributed by atoms with van der Waals surface area (Å²) in [5.74, 6) is 5.69. The van der Waals surface area contributed by atoms with Gasteiger partial charge in [0.15, 0.2) is 0 Å². The van der Waals surface area contributed by atoms with Crippen molar-refractivity contribution in [2.75, 3.05) is 18.5 Å². The molecular weight excluding hydrogens is 260 g/mol. The van der Waals surface area contributed by atoms with Crippen molar-refractivity contribution in [2.24, 2.45) is 11.8 Å². The van der Waals surface area contributed by atoms with Crippen LogP contribution in [0.5, 0.6) is 0 Å². The van der Waals surface area contributed by atoms with Crippen molar-refractivity contribution < 1.29 is 10.0 Å². The number of para-hydroxylation sites is 1. The first-order valence-corrected chi connectivity index (χ1v) is 6.66. The van der Waals surface area contributed by atoms with E-state index in [2.05, 4.69) is 10.3 Å². The third kappa shape index (κ3) is 3.06. The molecule has 1 aromatic carbocycles. The average molecular weight is 280 g/mol. The second-order valence-corrected chi connectivity index (χ2v) is 5.24. The number of nitro groups is 1. The van der Waals surface area contributed by atoms with Gasteiger partial charge in [-0.15, -0.1) is 0 Å². The Labute approximate surface area is 117 Å². The number of aliphatic hydroxyl groups excluding tert-OH is 1. The Morgan fingerprint density at radius 3 is 2.95 bits per heavy atom. The van der Waals surface area contributed by atoms with Crippen molar-refractivity contribution in [2.45, 2.75) is 26.0 Å². The summed E-state index contributed by atoms with van der Waals surface area (Å²) < 4.78 is 0. The summed E-state index contributed by atoms with van der Waals surface area (Å²) in [5.41, 5.74) is 3.58. The van der Waals surface area contributed by atoms with E-state index >= 15 is 0 Å². The minimum absolute atomic E-state index is 0.0173. The van der Waals surface area contributed by atoms with Gasteiger partial charge in [-0.25, -0.2) is 0 Å². The zero-order valence-electron chi connectivity index (χ0n) is 11.5. The van der Waals surface area contributed by atoms with Gasteiger partial charge >= 0.3 is 0 Å². The fourth-order valence-corrected chi connectivity index (χ4v) is 2.68. The minimum atomic E-state index is -0.443. The van der Waals surface area contributed by atoms with Gasteiger partial charge in [0.25, 0.3) is 5.69 Å². The van der Waals surface area contributed by atoms with Gasteiger partial charge in [0.05, 0.1) is 11.0 Å². The van der Waals surface area contributed by atoms with Crippen LogP contribution in [0.4, 0.5) is 11.4 Å². The van der Waals surface area contributed by atoms with Crippen LogP contribution in [-0.4, -0.2) is 34.1 Å². The van der Waals surface area contributed by atoms with Gasteiger partial charge in [-0.2, -0.15) is 0 Å². The summed E-state index contributed by atoms with van der Waals surface area (Å²) in [5, 5.41) is 20.6. The fourth-order valence-electron chi connectivity index (χ4n) is 2.68. The molecule has 0 aliphatic carbocycles. The van der Waals surface area contributed by atoms with Crippen molar-refractivity contribution in [3.8, 4) is 0 Å². The molecule has 0 saturated carbocycles. The lowest BCUT2D eigenvalue weighted by atomic mass is 10.0. The Hall–Kier alpha value is -1.70. The van der Waals surface area contributed by atoms with Crippen molar-refractivity contribution in [3.05, 3.63) is 33.9 Å². The van der Waals surface area contributed by atoms with Gasteiger partial charge in [0, 0.05) is 19.2 Å². The van der Waals surface area contributed by atoms with Crippen LogP contribution in [-0.2, 0) is 6.54 Å². The van der Waals surface area contributed by atoms with Crippen LogP contribution >= 0.6 is 0 Å². The maximum absolute atomic E-state index is 11.0. The standard InChI is InChI=1S/C13H20N4O3/c1-9(18)10-5-6-16(7-10)8-11-3-2-4-12(17(19)20)13(11)15-14/h2-4,9-10,15,18H,5-8,14H2,1H3. The number of nitro benzene ring substituents is 1. The molecule has 2 atom stereocenters. The quantitative estimate of drug-likeness (QED) is 0.423. The number of benzene rings is 1. The summed E-state index contributed by atoms with van der Waals surface area (Å²) in [6.07, 6.45) is 0.620. The number of rotatable bonds is 5. The molecule has 0 aromatic heterocycles. The van der Waals surface area contributed by atoms with E-state index < -0.39 is 4.92 Å². The normalized spacial score (nSPS) is 20.9. The van der Waals surface area contributed by atoms with Crippen LogP contribution in [0, 0.1) is 16.0 Å². The van der Waals surface area contributed by atoms with Crippen LogP contribution in [0.15, 0.2) is 18.2 Å². The summed E-state index contributed by atoms with van der Waals surface area (Å²) in [7, 11) is 0. The molecule has 0 amide bonds. The molecule has 2 rings (SSSR count). The Morgan fingerprint density at radius 1 is 1.65 bits per heavy atom. The zero-order valence-corrected chi connectivity index (χ0v) is 11.5. The highest BCUT2D eigenvalue weighted by Gasteiger charge is 2.27. The Morgan fingerprint density at radius 2 is 2.40 bits per heavy atom. The smallest absolute Gasteiger partial charge is 0.293 e. The van der Waals surface area contributed by atoms with Gasteiger partial charge in [0.1, 0.15) is 5.69 Å². The minimum Gasteiger partial charge on any atom is -0.393 e. The number of hydrazine groups is 1. The summed E-state index contributed by atoms with van der Waals surface area (Å²) in [6.45, 7) is 4.06. The average Bonchev–Trinajstić information content (AvgIpc) is 2.87. The third-order valence-electron chi connectivity index (χ3n) is 3.85. The monoisotopic (exact) mass is 280 g/mol. The molecule has 7 heteroatoms. The van der Waals surface area contributed by atoms with Gasteiger partial charge < -0.3 is 10.5 Å². The number of nitrogens with one attached hydrogen (secondary N) is 1. The van der Waals surface area contributed by atoms with E-state index in [-0.39, 0.29) is 17.7 Å². The van der Waals surface area contributed by atoms with Crippen LogP contribution in [0.25, 0.3) is 0 Å². The van der Waals surface area contributed by atoms with E-state index in [1.165, 1.54) is 6.07 Å². The van der Waals surface area contributed by atoms with Crippen LogP contribution in [0.1, 0.15) is 18.9 Å². The molecular formula is C13H20N4O3. The molecule has 1 aliphatic heterocycles. The van der Waals surface area contributed by atoms with Gasteiger partial charge in [-0.1, -0.05) is 12.1 Å². The van der Waals surface area contributed by atoms with E-state index in [9.17, 15) is 15.2 Å². The van der Waals surface area contributed by atoms with E-state index in [0.717, 1.165) is 25.1 Å². The molecule has 0 radical (unpaired) electrons. The maximum Gasteiger partial charge on any atom is 0.293 e. The largest absolute Gasteiger partial charge is 0.393 e. The molecule has 7 nitrogen and oxygen atoms in total. The molecule has 0 spiro atoms. The van der Waals surface area contributed by atoms with E-state index in [1.807, 2.05) is 6.07 Å². The molecule has 1 heterocycles. The highest BCUT2D eigenvalue weighted by Crippen LogP contribution is 2.30. The Kier molecular flexibility index (Phi) is 4.53. The first kappa shape index (κ1) is 14.7. The SMILES string of the molecule is CC(O)C1CCN(Cc2cccc([N+](=O)[O-])c2NN)C1. The molecule has 1 fully saturated rings.